The van der Waals surface area contributed by atoms with Gasteiger partial charge in [0, 0.05) is 25.4 Å². The van der Waals surface area contributed by atoms with E-state index in [0.29, 0.717) is 6.10 Å². The van der Waals surface area contributed by atoms with Crippen molar-refractivity contribution in [1.29, 1.82) is 0 Å². The van der Waals surface area contributed by atoms with E-state index in [1.54, 1.807) is 0 Å². The molecular weight excluding hydrogens is 274 g/mol. The van der Waals surface area contributed by atoms with E-state index in [0.717, 1.165) is 57.7 Å². The van der Waals surface area contributed by atoms with Crippen LogP contribution in [0.25, 0.3) is 0 Å². The maximum absolute atomic E-state index is 5.84. The van der Waals surface area contributed by atoms with Gasteiger partial charge < -0.3 is 15.4 Å². The number of aryl methyl sites for hydroxylation is 2. The minimum absolute atomic E-state index is 0.445. The van der Waals surface area contributed by atoms with E-state index in [1.165, 1.54) is 24.1 Å². The van der Waals surface area contributed by atoms with Gasteiger partial charge in [0.15, 0.2) is 0 Å². The van der Waals surface area contributed by atoms with Gasteiger partial charge in [-0.25, -0.2) is 4.98 Å². The summed E-state index contributed by atoms with van der Waals surface area (Å²) in [6.45, 7) is 8.08. The van der Waals surface area contributed by atoms with E-state index in [2.05, 4.69) is 22.8 Å². The van der Waals surface area contributed by atoms with Crippen LogP contribution in [0.3, 0.4) is 0 Å². The van der Waals surface area contributed by atoms with Gasteiger partial charge in [-0.2, -0.15) is 0 Å². The van der Waals surface area contributed by atoms with Gasteiger partial charge in [-0.3, -0.25) is 0 Å². The number of anilines is 1. The molecule has 1 atom stereocenters. The number of nitrogens with one attached hydrogen (secondary N) is 2. The normalized spacial score (nSPS) is 19.8. The molecule has 1 unspecified atom stereocenters. The van der Waals surface area contributed by atoms with Crippen LogP contribution < -0.4 is 10.6 Å². The van der Waals surface area contributed by atoms with Crippen molar-refractivity contribution >= 4 is 5.82 Å². The van der Waals surface area contributed by atoms with Crippen molar-refractivity contribution in [2.24, 2.45) is 0 Å². The van der Waals surface area contributed by atoms with Gasteiger partial charge in [0.25, 0.3) is 0 Å². The zero-order chi connectivity index (χ0) is 15.6. The van der Waals surface area contributed by atoms with Crippen molar-refractivity contribution in [3.8, 4) is 0 Å². The quantitative estimate of drug-likeness (QED) is 0.793. The Labute approximate surface area is 135 Å². The summed E-state index contributed by atoms with van der Waals surface area (Å²) in [5, 5.41) is 6.73. The molecule has 0 saturated carbocycles. The molecule has 0 bridgehead atoms. The molecule has 1 aromatic rings. The molecule has 124 valence electrons. The minimum Gasteiger partial charge on any atom is -0.377 e. The summed E-state index contributed by atoms with van der Waals surface area (Å²) < 4.78 is 5.84. The molecule has 0 aliphatic carbocycles. The molecule has 22 heavy (non-hydrogen) atoms. The lowest BCUT2D eigenvalue weighted by molar-refractivity contribution is 0.0645. The first-order chi connectivity index (χ1) is 10.9. The summed E-state index contributed by atoms with van der Waals surface area (Å²) >= 11 is 0. The van der Waals surface area contributed by atoms with E-state index in [4.69, 9.17) is 9.72 Å². The molecule has 1 fully saturated rings. The number of pyridine rings is 1. The van der Waals surface area contributed by atoms with Crippen LogP contribution in [0.2, 0.25) is 0 Å². The van der Waals surface area contributed by atoms with Crippen molar-refractivity contribution in [3.63, 3.8) is 0 Å². The Morgan fingerprint density at radius 1 is 1.23 bits per heavy atom. The molecule has 3 heterocycles. The summed E-state index contributed by atoms with van der Waals surface area (Å²) in [4.78, 5) is 4.73. The van der Waals surface area contributed by atoms with Crippen LogP contribution in [-0.2, 0) is 17.6 Å². The summed E-state index contributed by atoms with van der Waals surface area (Å²) in [6.07, 6.45) is 7.34. The molecule has 1 saturated heterocycles. The summed E-state index contributed by atoms with van der Waals surface area (Å²) in [6, 6.07) is 4.43. The second-order valence-corrected chi connectivity index (χ2v) is 5.78. The highest BCUT2D eigenvalue weighted by molar-refractivity contribution is 5.46. The van der Waals surface area contributed by atoms with E-state index in [-0.39, 0.29) is 0 Å². The number of aromatic nitrogens is 1. The minimum atomic E-state index is 0.445. The fraction of sp³-hybridized carbons (Fsp3) is 0.722. The predicted octanol–water partition coefficient (Wildman–Crippen LogP) is 3.17. The average molecular weight is 305 g/mol. The van der Waals surface area contributed by atoms with Crippen LogP contribution in [0.5, 0.6) is 0 Å². The number of ether oxygens (including phenoxy) is 1. The van der Waals surface area contributed by atoms with Crippen molar-refractivity contribution in [3.05, 3.63) is 23.4 Å². The van der Waals surface area contributed by atoms with Crippen molar-refractivity contribution in [2.75, 3.05) is 31.6 Å². The molecule has 4 nitrogen and oxygen atoms in total. The zero-order valence-corrected chi connectivity index (χ0v) is 14.2. The zero-order valence-electron chi connectivity index (χ0n) is 14.2. The molecule has 0 aromatic carbocycles. The number of fused-ring (bicyclic) bond motifs is 1. The van der Waals surface area contributed by atoms with Gasteiger partial charge in [-0.1, -0.05) is 19.9 Å². The first kappa shape index (κ1) is 17.2. The summed E-state index contributed by atoms with van der Waals surface area (Å²) in [5.41, 5.74) is 2.58. The molecule has 3 rings (SSSR count). The summed E-state index contributed by atoms with van der Waals surface area (Å²) in [7, 11) is 0. The molecule has 1 aromatic heterocycles. The molecule has 0 radical (unpaired) electrons. The molecule has 2 aliphatic rings. The number of unbranched alkanes of at least 4 members (excludes halogenated alkanes) is 1. The topological polar surface area (TPSA) is 46.2 Å². The van der Waals surface area contributed by atoms with Crippen molar-refractivity contribution in [1.82, 2.24) is 10.3 Å². The van der Waals surface area contributed by atoms with Crippen molar-refractivity contribution in [2.45, 2.75) is 58.5 Å². The first-order valence-electron chi connectivity index (χ1n) is 8.97. The van der Waals surface area contributed by atoms with E-state index >= 15 is 0 Å². The van der Waals surface area contributed by atoms with E-state index < -0.39 is 0 Å². The maximum Gasteiger partial charge on any atom is 0.129 e. The molecule has 0 amide bonds. The van der Waals surface area contributed by atoms with Gasteiger partial charge in [-0.05, 0) is 56.7 Å². The first-order valence-corrected chi connectivity index (χ1v) is 8.97. The van der Waals surface area contributed by atoms with Crippen LogP contribution in [-0.4, -0.2) is 37.3 Å². The largest absolute Gasteiger partial charge is 0.377 e. The highest BCUT2D eigenvalue weighted by Crippen LogP contribution is 2.20. The lowest BCUT2D eigenvalue weighted by Gasteiger charge is -2.17. The molecular formula is C18H31N3O. The lowest BCUT2D eigenvalue weighted by atomic mass is 10.1. The Bertz CT molecular complexity index is 430. The highest BCUT2D eigenvalue weighted by Gasteiger charge is 2.14. The van der Waals surface area contributed by atoms with E-state index in [1.807, 2.05) is 13.8 Å². The van der Waals surface area contributed by atoms with E-state index in [9.17, 15) is 0 Å². The highest BCUT2D eigenvalue weighted by atomic mass is 16.5. The second kappa shape index (κ2) is 9.80. The van der Waals surface area contributed by atoms with Crippen LogP contribution in [0, 0.1) is 0 Å². The number of nitrogens with zero attached hydrogens (tertiary/aromatic N) is 1. The Hall–Kier alpha value is -1.13. The van der Waals surface area contributed by atoms with Gasteiger partial charge in [0.2, 0.25) is 0 Å². The third-order valence-corrected chi connectivity index (χ3v) is 4.15. The van der Waals surface area contributed by atoms with Gasteiger partial charge in [0.05, 0.1) is 6.10 Å². The van der Waals surface area contributed by atoms with Crippen LogP contribution in [0.4, 0.5) is 5.82 Å². The van der Waals surface area contributed by atoms with Crippen LogP contribution >= 0.6 is 0 Å². The number of rotatable bonds is 6. The molecule has 2 aliphatic heterocycles. The SMILES string of the molecule is CC.c1cc2c(nc1CCCCOC1CCNC1)NCCC2. The standard InChI is InChI=1S/C16H25N3O.C2H6/c1(2-11-20-15-8-10-17-12-15)5-14-7-6-13-4-3-9-18-16(13)19-14;1-2/h6-7,15,17H,1-5,8-12H2,(H,18,19);1-2H3. The summed E-state index contributed by atoms with van der Waals surface area (Å²) in [5.74, 6) is 1.11. The van der Waals surface area contributed by atoms with Gasteiger partial charge in [0.1, 0.15) is 5.82 Å². The number of hydrogen-bond acceptors (Lipinski definition) is 4. The van der Waals surface area contributed by atoms with Crippen LogP contribution in [0.15, 0.2) is 12.1 Å². The molecule has 4 heteroatoms. The monoisotopic (exact) mass is 305 g/mol. The average Bonchev–Trinajstić information content (AvgIpc) is 3.10. The fourth-order valence-electron chi connectivity index (χ4n) is 2.94. The Kier molecular flexibility index (Phi) is 7.67. The van der Waals surface area contributed by atoms with Gasteiger partial charge in [-0.15, -0.1) is 0 Å². The maximum atomic E-state index is 5.84. The Morgan fingerprint density at radius 2 is 2.14 bits per heavy atom. The third kappa shape index (κ3) is 5.25. The molecule has 0 spiro atoms. The number of hydrogen-bond donors (Lipinski definition) is 2. The third-order valence-electron chi connectivity index (χ3n) is 4.15. The predicted molar refractivity (Wildman–Crippen MR) is 92.6 cm³/mol. The Balaban J connectivity index is 0.000000847. The smallest absolute Gasteiger partial charge is 0.129 e. The van der Waals surface area contributed by atoms with Crippen LogP contribution in [0.1, 0.15) is 50.8 Å². The Morgan fingerprint density at radius 3 is 2.95 bits per heavy atom. The molecule has 2 N–H and O–H groups in total. The lowest BCUT2D eigenvalue weighted by Crippen LogP contribution is -2.17. The van der Waals surface area contributed by atoms with Crippen molar-refractivity contribution < 1.29 is 4.74 Å². The van der Waals surface area contributed by atoms with Gasteiger partial charge >= 0.3 is 0 Å². The second-order valence-electron chi connectivity index (χ2n) is 5.78. The fourth-order valence-corrected chi connectivity index (χ4v) is 2.94.